The van der Waals surface area contributed by atoms with Gasteiger partial charge in [0.2, 0.25) is 0 Å². The molecule has 94 valence electrons. The van der Waals surface area contributed by atoms with E-state index in [2.05, 4.69) is 4.74 Å². The number of carbonyl (C=O) groups excluding carboxylic acids is 2. The first-order valence-electron chi connectivity index (χ1n) is 5.37. The Morgan fingerprint density at radius 2 is 1.88 bits per heavy atom. The van der Waals surface area contributed by atoms with E-state index in [-0.39, 0.29) is 30.4 Å². The van der Waals surface area contributed by atoms with E-state index < -0.39 is 0 Å². The summed E-state index contributed by atoms with van der Waals surface area (Å²) in [5, 5.41) is 0. The maximum absolute atomic E-state index is 11.3. The molecule has 0 aromatic rings. The molecule has 0 aromatic heterocycles. The Morgan fingerprint density at radius 1 is 1.31 bits per heavy atom. The van der Waals surface area contributed by atoms with E-state index in [1.807, 2.05) is 6.92 Å². The lowest BCUT2D eigenvalue weighted by Crippen LogP contribution is -2.41. The summed E-state index contributed by atoms with van der Waals surface area (Å²) in [7, 11) is 3.14. The number of methoxy groups -OCH3 is 1. The van der Waals surface area contributed by atoms with Crippen molar-refractivity contribution in [2.24, 2.45) is 5.92 Å². The molecular formula is C11H21NO4. The topological polar surface area (TPSA) is 55.8 Å². The highest BCUT2D eigenvalue weighted by molar-refractivity contribution is 5.73. The van der Waals surface area contributed by atoms with Gasteiger partial charge in [-0.25, -0.2) is 0 Å². The Morgan fingerprint density at radius 3 is 2.31 bits per heavy atom. The number of carbonyl (C=O) groups is 2. The molecule has 16 heavy (non-hydrogen) atoms. The Kier molecular flexibility index (Phi) is 6.72. The van der Waals surface area contributed by atoms with Crippen LogP contribution in [-0.4, -0.2) is 50.2 Å². The van der Waals surface area contributed by atoms with Crippen LogP contribution in [0.5, 0.6) is 0 Å². The van der Waals surface area contributed by atoms with Crippen LogP contribution < -0.4 is 0 Å². The molecule has 0 amide bonds. The quantitative estimate of drug-likeness (QED) is 0.629. The molecule has 0 aliphatic carbocycles. The van der Waals surface area contributed by atoms with Gasteiger partial charge in [-0.1, -0.05) is 6.92 Å². The van der Waals surface area contributed by atoms with Crippen molar-refractivity contribution in [1.29, 1.82) is 0 Å². The molecule has 0 aliphatic heterocycles. The highest BCUT2D eigenvalue weighted by Gasteiger charge is 2.25. The summed E-state index contributed by atoms with van der Waals surface area (Å²) in [6.07, 6.45) is 0. The summed E-state index contributed by atoms with van der Waals surface area (Å²) >= 11 is 0. The predicted octanol–water partition coefficient (Wildman–Crippen LogP) is 0.679. The SMILES string of the molecule is CCOC(=O)CN(C)C(C)C(C)C(=O)OC. The van der Waals surface area contributed by atoms with Crippen LogP contribution in [0.15, 0.2) is 0 Å². The van der Waals surface area contributed by atoms with Gasteiger partial charge >= 0.3 is 11.9 Å². The van der Waals surface area contributed by atoms with Crippen LogP contribution >= 0.6 is 0 Å². The molecule has 0 aromatic carbocycles. The van der Waals surface area contributed by atoms with Gasteiger partial charge in [-0.15, -0.1) is 0 Å². The summed E-state index contributed by atoms with van der Waals surface area (Å²) in [6.45, 7) is 5.96. The van der Waals surface area contributed by atoms with Crippen molar-refractivity contribution >= 4 is 11.9 Å². The molecule has 2 atom stereocenters. The molecule has 0 rings (SSSR count). The highest BCUT2D eigenvalue weighted by atomic mass is 16.5. The fourth-order valence-corrected chi connectivity index (χ4v) is 1.32. The fourth-order valence-electron chi connectivity index (χ4n) is 1.32. The zero-order chi connectivity index (χ0) is 12.7. The normalized spacial score (nSPS) is 14.4. The monoisotopic (exact) mass is 231 g/mol. The number of ether oxygens (including phenoxy) is 2. The highest BCUT2D eigenvalue weighted by Crippen LogP contribution is 2.10. The standard InChI is InChI=1S/C11H21NO4/c1-6-16-10(13)7-12(4)9(3)8(2)11(14)15-5/h8-9H,6-7H2,1-5H3. The van der Waals surface area contributed by atoms with E-state index in [0.29, 0.717) is 6.61 Å². The maximum atomic E-state index is 11.3. The van der Waals surface area contributed by atoms with Gasteiger partial charge in [0.05, 0.1) is 26.2 Å². The molecule has 0 saturated heterocycles. The number of rotatable bonds is 6. The molecule has 0 saturated carbocycles. The number of esters is 2. The third-order valence-corrected chi connectivity index (χ3v) is 2.68. The second kappa shape index (κ2) is 7.22. The first-order chi connectivity index (χ1) is 7.43. The minimum Gasteiger partial charge on any atom is -0.469 e. The zero-order valence-corrected chi connectivity index (χ0v) is 10.6. The van der Waals surface area contributed by atoms with E-state index in [0.717, 1.165) is 0 Å². The lowest BCUT2D eigenvalue weighted by atomic mass is 10.0. The number of hydrogen-bond donors (Lipinski definition) is 0. The van der Waals surface area contributed by atoms with E-state index in [9.17, 15) is 9.59 Å². The summed E-state index contributed by atoms with van der Waals surface area (Å²) in [5.74, 6) is -0.832. The smallest absolute Gasteiger partial charge is 0.320 e. The van der Waals surface area contributed by atoms with Crippen molar-refractivity contribution in [2.75, 3.05) is 27.3 Å². The molecule has 5 nitrogen and oxygen atoms in total. The third-order valence-electron chi connectivity index (χ3n) is 2.68. The van der Waals surface area contributed by atoms with Crippen molar-refractivity contribution in [3.8, 4) is 0 Å². The summed E-state index contributed by atoms with van der Waals surface area (Å²) < 4.78 is 9.49. The van der Waals surface area contributed by atoms with Crippen molar-refractivity contribution < 1.29 is 19.1 Å². The van der Waals surface area contributed by atoms with Crippen LogP contribution in [0.3, 0.4) is 0 Å². The minimum absolute atomic E-state index is 0.0724. The van der Waals surface area contributed by atoms with Gasteiger partial charge in [-0.2, -0.15) is 0 Å². The van der Waals surface area contributed by atoms with E-state index >= 15 is 0 Å². The Bertz CT molecular complexity index is 242. The number of nitrogens with zero attached hydrogens (tertiary/aromatic N) is 1. The molecule has 0 radical (unpaired) electrons. The molecule has 0 bridgehead atoms. The summed E-state index contributed by atoms with van der Waals surface area (Å²) in [6, 6.07) is -0.0724. The lowest BCUT2D eigenvalue weighted by Gasteiger charge is -2.27. The largest absolute Gasteiger partial charge is 0.469 e. The van der Waals surface area contributed by atoms with Crippen LogP contribution in [0.25, 0.3) is 0 Å². The molecule has 2 unspecified atom stereocenters. The van der Waals surface area contributed by atoms with Crippen molar-refractivity contribution in [3.05, 3.63) is 0 Å². The van der Waals surface area contributed by atoms with E-state index in [4.69, 9.17) is 4.74 Å². The van der Waals surface area contributed by atoms with Gasteiger partial charge in [0.25, 0.3) is 0 Å². The second-order valence-electron chi connectivity index (χ2n) is 3.77. The first kappa shape index (κ1) is 14.9. The fraction of sp³-hybridized carbons (Fsp3) is 0.818. The van der Waals surface area contributed by atoms with Crippen molar-refractivity contribution in [1.82, 2.24) is 4.90 Å². The minimum atomic E-state index is -0.283. The lowest BCUT2D eigenvalue weighted by molar-refractivity contribution is -0.150. The maximum Gasteiger partial charge on any atom is 0.320 e. The molecular weight excluding hydrogens is 210 g/mol. The van der Waals surface area contributed by atoms with Gasteiger partial charge < -0.3 is 9.47 Å². The van der Waals surface area contributed by atoms with Crippen LogP contribution in [0.1, 0.15) is 20.8 Å². The molecule has 0 heterocycles. The Balaban J connectivity index is 4.21. The van der Waals surface area contributed by atoms with Gasteiger partial charge in [-0.3, -0.25) is 14.5 Å². The van der Waals surface area contributed by atoms with Crippen LogP contribution in [-0.2, 0) is 19.1 Å². The summed E-state index contributed by atoms with van der Waals surface area (Å²) in [4.78, 5) is 24.3. The Hall–Kier alpha value is -1.10. The van der Waals surface area contributed by atoms with Crippen LogP contribution in [0, 0.1) is 5.92 Å². The van der Waals surface area contributed by atoms with Gasteiger partial charge in [0.1, 0.15) is 0 Å². The second-order valence-corrected chi connectivity index (χ2v) is 3.77. The summed E-state index contributed by atoms with van der Waals surface area (Å²) in [5.41, 5.74) is 0. The molecule has 0 fully saturated rings. The average Bonchev–Trinajstić information content (AvgIpc) is 2.26. The molecule has 0 aliphatic rings. The number of likely N-dealkylation sites (N-methyl/N-ethyl adjacent to an activating group) is 1. The van der Waals surface area contributed by atoms with Crippen molar-refractivity contribution in [3.63, 3.8) is 0 Å². The average molecular weight is 231 g/mol. The zero-order valence-electron chi connectivity index (χ0n) is 10.6. The van der Waals surface area contributed by atoms with Crippen molar-refractivity contribution in [2.45, 2.75) is 26.8 Å². The Labute approximate surface area is 96.7 Å². The molecule has 5 heteroatoms. The van der Waals surface area contributed by atoms with Crippen LogP contribution in [0.4, 0.5) is 0 Å². The van der Waals surface area contributed by atoms with E-state index in [1.165, 1.54) is 7.11 Å². The first-order valence-corrected chi connectivity index (χ1v) is 5.37. The van der Waals surface area contributed by atoms with E-state index in [1.54, 1.807) is 25.8 Å². The number of hydrogen-bond acceptors (Lipinski definition) is 5. The molecule has 0 N–H and O–H groups in total. The third kappa shape index (κ3) is 4.61. The van der Waals surface area contributed by atoms with Gasteiger partial charge in [0, 0.05) is 6.04 Å². The van der Waals surface area contributed by atoms with Gasteiger partial charge in [0.15, 0.2) is 0 Å². The molecule has 0 spiro atoms. The van der Waals surface area contributed by atoms with Crippen LogP contribution in [0.2, 0.25) is 0 Å². The van der Waals surface area contributed by atoms with Gasteiger partial charge in [-0.05, 0) is 20.9 Å². The predicted molar refractivity (Wildman–Crippen MR) is 59.9 cm³/mol.